The van der Waals surface area contributed by atoms with Gasteiger partial charge in [-0.05, 0) is 23.7 Å². The molecule has 16 heavy (non-hydrogen) atoms. The van der Waals surface area contributed by atoms with Gasteiger partial charge in [0.1, 0.15) is 5.75 Å². The average molecular weight is 256 g/mol. The van der Waals surface area contributed by atoms with Crippen LogP contribution in [0.5, 0.6) is 5.75 Å². The molecule has 0 bridgehead atoms. The van der Waals surface area contributed by atoms with E-state index in [0.29, 0.717) is 17.3 Å². The quantitative estimate of drug-likeness (QED) is 0.913. The Bertz CT molecular complexity index is 461. The minimum Gasteiger partial charge on any atom is -0.495 e. The predicted molar refractivity (Wildman–Crippen MR) is 65.2 cm³/mol. The van der Waals surface area contributed by atoms with E-state index in [9.17, 15) is 0 Å². The Morgan fingerprint density at radius 1 is 1.50 bits per heavy atom. The standard InChI is InChI=1S/C10H10ClN3OS/c1-15-10-4-7(2-3-9(10)11)12-5-8-6-16-14-13-8/h2-4,6,12H,5H2,1H3. The fraction of sp³-hybridized carbons (Fsp3) is 0.200. The van der Waals surface area contributed by atoms with E-state index in [4.69, 9.17) is 16.3 Å². The summed E-state index contributed by atoms with van der Waals surface area (Å²) in [7, 11) is 1.59. The fourth-order valence-electron chi connectivity index (χ4n) is 1.22. The highest BCUT2D eigenvalue weighted by molar-refractivity contribution is 7.03. The van der Waals surface area contributed by atoms with Gasteiger partial charge in [0.15, 0.2) is 0 Å². The van der Waals surface area contributed by atoms with Gasteiger partial charge in [0.2, 0.25) is 0 Å². The van der Waals surface area contributed by atoms with E-state index in [2.05, 4.69) is 14.9 Å². The van der Waals surface area contributed by atoms with Crippen molar-refractivity contribution in [1.82, 2.24) is 9.59 Å². The maximum Gasteiger partial charge on any atom is 0.139 e. The van der Waals surface area contributed by atoms with Crippen molar-refractivity contribution in [3.05, 3.63) is 34.3 Å². The van der Waals surface area contributed by atoms with E-state index in [0.717, 1.165) is 11.4 Å². The van der Waals surface area contributed by atoms with Gasteiger partial charge in [-0.1, -0.05) is 16.1 Å². The Balaban J connectivity index is 2.04. The van der Waals surface area contributed by atoms with Crippen molar-refractivity contribution in [2.75, 3.05) is 12.4 Å². The third-order valence-corrected chi connectivity index (χ3v) is 2.90. The summed E-state index contributed by atoms with van der Waals surface area (Å²) in [6, 6.07) is 5.54. The summed E-state index contributed by atoms with van der Waals surface area (Å²) in [6.07, 6.45) is 0. The molecule has 2 rings (SSSR count). The van der Waals surface area contributed by atoms with E-state index in [1.165, 1.54) is 11.5 Å². The Labute approximate surface area is 102 Å². The predicted octanol–water partition coefficient (Wildman–Crippen LogP) is 2.81. The van der Waals surface area contributed by atoms with Crippen LogP contribution in [-0.2, 0) is 6.54 Å². The minimum absolute atomic E-state index is 0.600. The van der Waals surface area contributed by atoms with E-state index >= 15 is 0 Å². The topological polar surface area (TPSA) is 47.0 Å². The number of nitrogens with one attached hydrogen (secondary N) is 1. The average Bonchev–Trinajstić information content (AvgIpc) is 2.81. The van der Waals surface area contributed by atoms with Crippen LogP contribution < -0.4 is 10.1 Å². The third kappa shape index (κ3) is 2.62. The van der Waals surface area contributed by atoms with E-state index < -0.39 is 0 Å². The molecule has 0 atom stereocenters. The van der Waals surface area contributed by atoms with Crippen molar-refractivity contribution in [2.24, 2.45) is 0 Å². The van der Waals surface area contributed by atoms with Crippen LogP contribution in [0.2, 0.25) is 5.02 Å². The molecule has 0 aliphatic rings. The highest BCUT2D eigenvalue weighted by atomic mass is 35.5. The summed E-state index contributed by atoms with van der Waals surface area (Å²) in [6.45, 7) is 0.640. The SMILES string of the molecule is COc1cc(NCc2csnn2)ccc1Cl. The molecule has 0 spiro atoms. The van der Waals surface area contributed by atoms with E-state index in [-0.39, 0.29) is 0 Å². The van der Waals surface area contributed by atoms with Gasteiger partial charge in [-0.2, -0.15) is 0 Å². The van der Waals surface area contributed by atoms with E-state index in [1.54, 1.807) is 13.2 Å². The molecule has 1 N–H and O–H groups in total. The number of methoxy groups -OCH3 is 1. The molecule has 0 saturated heterocycles. The van der Waals surface area contributed by atoms with Crippen molar-refractivity contribution in [3.63, 3.8) is 0 Å². The maximum absolute atomic E-state index is 5.92. The van der Waals surface area contributed by atoms with Gasteiger partial charge in [-0.25, -0.2) is 0 Å². The minimum atomic E-state index is 0.600. The molecule has 84 valence electrons. The fourth-order valence-corrected chi connectivity index (χ4v) is 1.87. The lowest BCUT2D eigenvalue weighted by Crippen LogP contribution is -2.00. The largest absolute Gasteiger partial charge is 0.495 e. The van der Waals surface area contributed by atoms with Gasteiger partial charge in [0.05, 0.1) is 24.4 Å². The molecule has 1 aromatic carbocycles. The normalized spacial score (nSPS) is 10.1. The molecule has 4 nitrogen and oxygen atoms in total. The molecule has 0 unspecified atom stereocenters. The summed E-state index contributed by atoms with van der Waals surface area (Å²) in [5, 5.41) is 9.66. The summed E-state index contributed by atoms with van der Waals surface area (Å²) in [4.78, 5) is 0. The first-order valence-corrected chi connectivity index (χ1v) is 5.84. The smallest absolute Gasteiger partial charge is 0.139 e. The number of rotatable bonds is 4. The molecule has 2 aromatic rings. The number of hydrogen-bond acceptors (Lipinski definition) is 5. The molecule has 6 heteroatoms. The van der Waals surface area contributed by atoms with Crippen LogP contribution in [0.25, 0.3) is 0 Å². The summed E-state index contributed by atoms with van der Waals surface area (Å²) in [5.74, 6) is 0.656. The molecule has 1 heterocycles. The highest BCUT2D eigenvalue weighted by Gasteiger charge is 2.02. The van der Waals surface area contributed by atoms with Gasteiger partial charge in [-0.3, -0.25) is 0 Å². The molecule has 0 aliphatic heterocycles. The number of benzene rings is 1. The maximum atomic E-state index is 5.92. The molecule has 0 saturated carbocycles. The number of nitrogens with zero attached hydrogens (tertiary/aromatic N) is 2. The third-order valence-electron chi connectivity index (χ3n) is 2.03. The number of aromatic nitrogens is 2. The van der Waals surface area contributed by atoms with Crippen LogP contribution in [0.15, 0.2) is 23.6 Å². The van der Waals surface area contributed by atoms with Crippen molar-refractivity contribution in [2.45, 2.75) is 6.54 Å². The van der Waals surface area contributed by atoms with Crippen LogP contribution in [0, 0.1) is 0 Å². The molecule has 0 amide bonds. The Morgan fingerprint density at radius 3 is 3.06 bits per heavy atom. The zero-order valence-electron chi connectivity index (χ0n) is 8.61. The number of ether oxygens (including phenoxy) is 1. The second-order valence-corrected chi connectivity index (χ2v) is 4.12. The lowest BCUT2D eigenvalue weighted by Gasteiger charge is -2.07. The van der Waals surface area contributed by atoms with E-state index in [1.807, 2.05) is 17.5 Å². The van der Waals surface area contributed by atoms with Gasteiger partial charge in [-0.15, -0.1) is 5.10 Å². The van der Waals surface area contributed by atoms with Crippen molar-refractivity contribution in [1.29, 1.82) is 0 Å². The number of hydrogen-bond donors (Lipinski definition) is 1. The molecule has 1 aromatic heterocycles. The monoisotopic (exact) mass is 255 g/mol. The lowest BCUT2D eigenvalue weighted by atomic mass is 10.3. The number of halogens is 1. The Kier molecular flexibility index (Phi) is 3.58. The zero-order chi connectivity index (χ0) is 11.4. The van der Waals surface area contributed by atoms with Crippen molar-refractivity contribution >= 4 is 28.8 Å². The van der Waals surface area contributed by atoms with Crippen LogP contribution in [0.4, 0.5) is 5.69 Å². The summed E-state index contributed by atoms with van der Waals surface area (Å²) < 4.78 is 8.91. The second-order valence-electron chi connectivity index (χ2n) is 3.10. The van der Waals surface area contributed by atoms with Gasteiger partial charge in [0, 0.05) is 17.1 Å². The van der Waals surface area contributed by atoms with Crippen LogP contribution in [0.1, 0.15) is 5.69 Å². The molecule has 0 radical (unpaired) electrons. The lowest BCUT2D eigenvalue weighted by molar-refractivity contribution is 0.415. The second kappa shape index (κ2) is 5.14. The van der Waals surface area contributed by atoms with Crippen molar-refractivity contribution in [3.8, 4) is 5.75 Å². The zero-order valence-corrected chi connectivity index (χ0v) is 10.2. The molecule has 0 aliphatic carbocycles. The van der Waals surface area contributed by atoms with Crippen LogP contribution in [0.3, 0.4) is 0 Å². The summed E-state index contributed by atoms with van der Waals surface area (Å²) in [5.41, 5.74) is 1.85. The first-order chi connectivity index (χ1) is 7.79. The molecular weight excluding hydrogens is 246 g/mol. The van der Waals surface area contributed by atoms with Crippen LogP contribution >= 0.6 is 23.1 Å². The highest BCUT2D eigenvalue weighted by Crippen LogP contribution is 2.27. The molecule has 0 fully saturated rings. The van der Waals surface area contributed by atoms with Gasteiger partial charge < -0.3 is 10.1 Å². The van der Waals surface area contributed by atoms with Crippen LogP contribution in [-0.4, -0.2) is 16.7 Å². The van der Waals surface area contributed by atoms with Gasteiger partial charge >= 0.3 is 0 Å². The first kappa shape index (κ1) is 11.2. The number of anilines is 1. The molecular formula is C10H10ClN3OS. The summed E-state index contributed by atoms with van der Waals surface area (Å²) >= 11 is 7.26. The Morgan fingerprint density at radius 2 is 2.38 bits per heavy atom. The van der Waals surface area contributed by atoms with Crippen molar-refractivity contribution < 1.29 is 4.74 Å². The first-order valence-electron chi connectivity index (χ1n) is 4.63. The Hall–Kier alpha value is -1.33. The van der Waals surface area contributed by atoms with Gasteiger partial charge in [0.25, 0.3) is 0 Å².